The van der Waals surface area contributed by atoms with E-state index < -0.39 is 11.9 Å². The van der Waals surface area contributed by atoms with Gasteiger partial charge in [-0.1, -0.05) is 33.1 Å². The molecule has 0 rings (SSSR count). The number of primary amides is 1. The first-order valence-corrected chi connectivity index (χ1v) is 5.42. The highest BCUT2D eigenvalue weighted by Gasteiger charge is 1.91. The van der Waals surface area contributed by atoms with Gasteiger partial charge in [-0.15, -0.1) is 0 Å². The summed E-state index contributed by atoms with van der Waals surface area (Å²) in [6, 6.07) is 0. The fourth-order valence-corrected chi connectivity index (χ4v) is 0.376. The molecule has 0 aliphatic rings. The average molecular weight is 271 g/mol. The van der Waals surface area contributed by atoms with E-state index in [1.165, 1.54) is 6.08 Å². The molecule has 0 aromatic heterocycles. The van der Waals surface area contributed by atoms with Crippen LogP contribution in [-0.4, -0.2) is 29.6 Å². The summed E-state index contributed by atoms with van der Waals surface area (Å²) in [6.45, 7) is 11.9. The zero-order valence-corrected chi connectivity index (χ0v) is 11.1. The van der Waals surface area contributed by atoms with Crippen LogP contribution in [0.3, 0.4) is 0 Å². The van der Waals surface area contributed by atoms with Crippen molar-refractivity contribution in [3.63, 3.8) is 0 Å². The highest BCUT2D eigenvalue weighted by atomic mass is 16.5. The molecule has 0 radical (unpaired) electrons. The van der Waals surface area contributed by atoms with E-state index in [1.54, 1.807) is 0 Å². The second-order valence-corrected chi connectivity index (χ2v) is 2.87. The molecule has 0 heterocycles. The van der Waals surface area contributed by atoms with Crippen molar-refractivity contribution in [1.82, 2.24) is 0 Å². The van der Waals surface area contributed by atoms with Gasteiger partial charge in [0.1, 0.15) is 0 Å². The Kier molecular flexibility index (Phi) is 20.7. The van der Waals surface area contributed by atoms with Crippen LogP contribution in [0.5, 0.6) is 0 Å². The lowest BCUT2D eigenvalue weighted by atomic mass is 10.4. The zero-order chi connectivity index (χ0) is 15.7. The highest BCUT2D eigenvalue weighted by Crippen LogP contribution is 1.88. The summed E-state index contributed by atoms with van der Waals surface area (Å²) in [5, 5.41) is 7.60. The Morgan fingerprint density at radius 3 is 1.79 bits per heavy atom. The Morgan fingerprint density at radius 1 is 1.16 bits per heavy atom. The summed E-state index contributed by atoms with van der Waals surface area (Å²) in [6.07, 6.45) is 5.04. The Hall–Kier alpha value is -2.37. The van der Waals surface area contributed by atoms with Gasteiger partial charge in [-0.25, -0.2) is 9.59 Å². The van der Waals surface area contributed by atoms with Crippen molar-refractivity contribution >= 4 is 17.8 Å². The lowest BCUT2D eigenvalue weighted by Gasteiger charge is -1.97. The number of rotatable bonds is 6. The van der Waals surface area contributed by atoms with Crippen molar-refractivity contribution in [1.29, 1.82) is 0 Å². The molecule has 19 heavy (non-hydrogen) atoms. The lowest BCUT2D eigenvalue weighted by Crippen LogP contribution is -2.04. The van der Waals surface area contributed by atoms with Crippen LogP contribution < -0.4 is 5.73 Å². The van der Waals surface area contributed by atoms with Gasteiger partial charge in [0.25, 0.3) is 0 Å². The van der Waals surface area contributed by atoms with E-state index in [2.05, 4.69) is 30.2 Å². The minimum Gasteiger partial charge on any atom is -0.478 e. The third-order valence-corrected chi connectivity index (χ3v) is 1.28. The summed E-state index contributed by atoms with van der Waals surface area (Å²) < 4.78 is 4.67. The van der Waals surface area contributed by atoms with Gasteiger partial charge in [0, 0.05) is 12.2 Å². The summed E-state index contributed by atoms with van der Waals surface area (Å²) >= 11 is 0. The molecule has 0 fully saturated rings. The van der Waals surface area contributed by atoms with Crippen molar-refractivity contribution < 1.29 is 24.2 Å². The molecule has 0 saturated carbocycles. The second kappa shape index (κ2) is 18.0. The Morgan fingerprint density at radius 2 is 1.58 bits per heavy atom. The van der Waals surface area contributed by atoms with E-state index in [1.807, 2.05) is 6.92 Å². The topological polar surface area (TPSA) is 107 Å². The van der Waals surface area contributed by atoms with Crippen LogP contribution in [0, 0.1) is 0 Å². The Balaban J connectivity index is -0.000000219. The standard InChI is InChI=1S/C7H12O2.C3H5NO.C3H4O2/c1-3-5-6-9-7(8)4-2;2*1-2-3(4)5/h4H,2-3,5-6H2,1H3;2H,1H2,(H2,4,5);2H,1H2,(H,4,5). The van der Waals surface area contributed by atoms with Crippen LogP contribution >= 0.6 is 0 Å². The Bertz CT molecular complexity index is 292. The van der Waals surface area contributed by atoms with Crippen LogP contribution in [0.15, 0.2) is 38.0 Å². The van der Waals surface area contributed by atoms with Crippen molar-refractivity contribution in [3.8, 4) is 0 Å². The van der Waals surface area contributed by atoms with E-state index >= 15 is 0 Å². The number of hydrogen-bond donors (Lipinski definition) is 2. The maximum Gasteiger partial charge on any atom is 0.330 e. The SMILES string of the molecule is C=CC(=O)O.C=CC(=O)OCCCC.C=CC(N)=O. The third-order valence-electron chi connectivity index (χ3n) is 1.28. The first kappa shape index (κ1) is 21.9. The maximum atomic E-state index is 10.3. The van der Waals surface area contributed by atoms with Crippen LogP contribution in [0.2, 0.25) is 0 Å². The lowest BCUT2D eigenvalue weighted by molar-refractivity contribution is -0.137. The van der Waals surface area contributed by atoms with Crippen LogP contribution in [-0.2, 0) is 19.1 Å². The summed E-state index contributed by atoms with van der Waals surface area (Å²) in [7, 11) is 0. The van der Waals surface area contributed by atoms with E-state index in [-0.39, 0.29) is 5.97 Å². The largest absolute Gasteiger partial charge is 0.478 e. The van der Waals surface area contributed by atoms with Gasteiger partial charge in [-0.2, -0.15) is 0 Å². The first-order chi connectivity index (χ1) is 8.85. The van der Waals surface area contributed by atoms with E-state index in [4.69, 9.17) is 5.11 Å². The number of carbonyl (C=O) groups excluding carboxylic acids is 2. The first-order valence-electron chi connectivity index (χ1n) is 5.42. The Labute approximate surface area is 113 Å². The predicted molar refractivity (Wildman–Crippen MR) is 73.3 cm³/mol. The summed E-state index contributed by atoms with van der Waals surface area (Å²) in [4.78, 5) is 29.1. The minimum atomic E-state index is -0.981. The molecule has 0 saturated heterocycles. The second-order valence-electron chi connectivity index (χ2n) is 2.87. The van der Waals surface area contributed by atoms with Crippen molar-refractivity contribution in [2.45, 2.75) is 19.8 Å². The molecule has 0 atom stereocenters. The molecule has 108 valence electrons. The van der Waals surface area contributed by atoms with Crippen LogP contribution in [0.4, 0.5) is 0 Å². The zero-order valence-electron chi connectivity index (χ0n) is 11.1. The maximum absolute atomic E-state index is 10.3. The van der Waals surface area contributed by atoms with Crippen LogP contribution in [0.25, 0.3) is 0 Å². The van der Waals surface area contributed by atoms with E-state index in [0.29, 0.717) is 6.61 Å². The molecule has 6 nitrogen and oxygen atoms in total. The minimum absolute atomic E-state index is 0.330. The molecular formula is C13H21NO5. The molecule has 0 aliphatic carbocycles. The van der Waals surface area contributed by atoms with Gasteiger partial charge in [0.15, 0.2) is 0 Å². The monoisotopic (exact) mass is 271 g/mol. The van der Waals surface area contributed by atoms with Crippen molar-refractivity contribution in [2.24, 2.45) is 5.73 Å². The number of amides is 1. The summed E-state index contributed by atoms with van der Waals surface area (Å²) in [5.74, 6) is -1.79. The van der Waals surface area contributed by atoms with Crippen molar-refractivity contribution in [3.05, 3.63) is 38.0 Å². The number of esters is 1. The van der Waals surface area contributed by atoms with E-state index in [0.717, 1.165) is 25.0 Å². The average Bonchev–Trinajstić information content (AvgIpc) is 2.40. The molecular weight excluding hydrogens is 250 g/mol. The predicted octanol–water partition coefficient (Wildman–Crippen LogP) is 1.43. The fraction of sp³-hybridized carbons (Fsp3) is 0.308. The van der Waals surface area contributed by atoms with Gasteiger partial charge >= 0.3 is 11.9 Å². The van der Waals surface area contributed by atoms with Gasteiger partial charge in [0.2, 0.25) is 5.91 Å². The van der Waals surface area contributed by atoms with E-state index in [9.17, 15) is 14.4 Å². The third kappa shape index (κ3) is 39.0. The highest BCUT2D eigenvalue weighted by molar-refractivity contribution is 5.85. The molecule has 0 aliphatic heterocycles. The number of aliphatic carboxylic acids is 1. The van der Waals surface area contributed by atoms with Gasteiger partial charge < -0.3 is 15.6 Å². The summed E-state index contributed by atoms with van der Waals surface area (Å²) in [5.41, 5.74) is 4.53. The quantitative estimate of drug-likeness (QED) is 0.431. The van der Waals surface area contributed by atoms with Gasteiger partial charge in [-0.05, 0) is 12.5 Å². The molecule has 0 aromatic rings. The number of carboxylic acid groups (broad SMARTS) is 1. The molecule has 6 heteroatoms. The number of nitrogens with two attached hydrogens (primary N) is 1. The normalized spacial score (nSPS) is 7.42. The molecule has 0 unspecified atom stereocenters. The smallest absolute Gasteiger partial charge is 0.330 e. The molecule has 0 bridgehead atoms. The molecule has 3 N–H and O–H groups in total. The fourth-order valence-electron chi connectivity index (χ4n) is 0.376. The number of hydrogen-bond acceptors (Lipinski definition) is 4. The molecule has 1 amide bonds. The number of carboxylic acids is 1. The van der Waals surface area contributed by atoms with Crippen LogP contribution in [0.1, 0.15) is 19.8 Å². The number of unbranched alkanes of at least 4 members (excludes halogenated alkanes) is 1. The molecule has 0 aromatic carbocycles. The number of carbonyl (C=O) groups is 3. The van der Waals surface area contributed by atoms with Gasteiger partial charge in [0.05, 0.1) is 6.61 Å². The molecule has 0 spiro atoms. The van der Waals surface area contributed by atoms with Gasteiger partial charge in [-0.3, -0.25) is 4.79 Å². The van der Waals surface area contributed by atoms with Crippen molar-refractivity contribution in [2.75, 3.05) is 6.61 Å². The number of ether oxygens (including phenoxy) is 1.